The Labute approximate surface area is 126 Å². The molecule has 120 valence electrons. The van der Waals surface area contributed by atoms with E-state index in [2.05, 4.69) is 4.90 Å². The quantitative estimate of drug-likeness (QED) is 0.764. The summed E-state index contributed by atoms with van der Waals surface area (Å²) in [5.41, 5.74) is 4.26. The monoisotopic (exact) mass is 297 g/mol. The number of aliphatic hydroxyl groups is 1. The number of hydrogen-bond acceptors (Lipinski definition) is 4. The van der Waals surface area contributed by atoms with Crippen LogP contribution < -0.4 is 5.73 Å². The second-order valence-electron chi connectivity index (χ2n) is 6.97. The molecule has 2 amide bonds. The van der Waals surface area contributed by atoms with Crippen LogP contribution in [0.25, 0.3) is 0 Å². The van der Waals surface area contributed by atoms with Gasteiger partial charge in [-0.3, -0.25) is 14.5 Å². The number of hydrogen-bond donors (Lipinski definition) is 2. The van der Waals surface area contributed by atoms with Gasteiger partial charge in [0.15, 0.2) is 0 Å². The topological polar surface area (TPSA) is 86.9 Å². The molecule has 0 bridgehead atoms. The average molecular weight is 297 g/mol. The third-order valence-electron chi connectivity index (χ3n) is 5.03. The normalized spacial score (nSPS) is 30.1. The van der Waals surface area contributed by atoms with Gasteiger partial charge in [0.25, 0.3) is 0 Å². The molecular formula is C15H27N3O3. The fraction of sp³-hybridized carbons (Fsp3) is 0.867. The van der Waals surface area contributed by atoms with E-state index >= 15 is 0 Å². The van der Waals surface area contributed by atoms with Crippen LogP contribution in [0.3, 0.4) is 0 Å². The van der Waals surface area contributed by atoms with E-state index in [4.69, 9.17) is 5.73 Å². The van der Waals surface area contributed by atoms with E-state index in [0.29, 0.717) is 39.0 Å². The lowest BCUT2D eigenvalue weighted by Gasteiger charge is -2.44. The first-order chi connectivity index (χ1) is 9.74. The Morgan fingerprint density at radius 1 is 1.19 bits per heavy atom. The Morgan fingerprint density at radius 2 is 1.81 bits per heavy atom. The highest BCUT2D eigenvalue weighted by Crippen LogP contribution is 2.31. The van der Waals surface area contributed by atoms with E-state index in [9.17, 15) is 14.7 Å². The molecule has 6 heteroatoms. The summed E-state index contributed by atoms with van der Waals surface area (Å²) < 4.78 is 0. The van der Waals surface area contributed by atoms with Gasteiger partial charge in [-0.25, -0.2) is 0 Å². The van der Waals surface area contributed by atoms with Gasteiger partial charge in [-0.1, -0.05) is 0 Å². The van der Waals surface area contributed by atoms with E-state index in [1.165, 1.54) is 0 Å². The molecule has 0 radical (unpaired) electrons. The first-order valence-electron chi connectivity index (χ1n) is 7.74. The summed E-state index contributed by atoms with van der Waals surface area (Å²) in [4.78, 5) is 26.9. The highest BCUT2D eigenvalue weighted by Gasteiger charge is 2.40. The standard InChI is InChI=1S/C15H27N3O3/c1-12(19)18-8-5-15(21,6-9-18)11-17-7-3-4-14(2,10-17)13(16)20/h21H,3-11H2,1-2H3,(H2,16,20). The highest BCUT2D eigenvalue weighted by atomic mass is 16.3. The number of nitrogens with two attached hydrogens (primary N) is 1. The summed E-state index contributed by atoms with van der Waals surface area (Å²) in [6, 6.07) is 0. The van der Waals surface area contributed by atoms with Crippen molar-refractivity contribution in [2.45, 2.75) is 45.1 Å². The van der Waals surface area contributed by atoms with Gasteiger partial charge in [0.1, 0.15) is 0 Å². The molecule has 0 spiro atoms. The van der Waals surface area contributed by atoms with Crippen molar-refractivity contribution in [3.05, 3.63) is 0 Å². The van der Waals surface area contributed by atoms with E-state index in [1.807, 2.05) is 6.92 Å². The zero-order chi connectivity index (χ0) is 15.7. The minimum atomic E-state index is -0.762. The number of nitrogens with zero attached hydrogens (tertiary/aromatic N) is 2. The summed E-state index contributed by atoms with van der Waals surface area (Å²) >= 11 is 0. The van der Waals surface area contributed by atoms with Crippen molar-refractivity contribution in [1.29, 1.82) is 0 Å². The molecule has 0 aromatic heterocycles. The SMILES string of the molecule is CC(=O)N1CCC(O)(CN2CCCC(C)(C(N)=O)C2)CC1. The van der Waals surface area contributed by atoms with Crippen molar-refractivity contribution in [3.63, 3.8) is 0 Å². The third-order valence-corrected chi connectivity index (χ3v) is 5.03. The van der Waals surface area contributed by atoms with Gasteiger partial charge in [-0.15, -0.1) is 0 Å². The van der Waals surface area contributed by atoms with Gasteiger partial charge in [0.05, 0.1) is 11.0 Å². The van der Waals surface area contributed by atoms with Crippen molar-refractivity contribution < 1.29 is 14.7 Å². The van der Waals surface area contributed by atoms with Crippen molar-refractivity contribution in [3.8, 4) is 0 Å². The van der Waals surface area contributed by atoms with Crippen LogP contribution in [-0.2, 0) is 9.59 Å². The van der Waals surface area contributed by atoms with Crippen LogP contribution in [0.2, 0.25) is 0 Å². The lowest BCUT2D eigenvalue weighted by molar-refractivity contribution is -0.136. The minimum Gasteiger partial charge on any atom is -0.388 e. The van der Waals surface area contributed by atoms with Crippen LogP contribution in [0.1, 0.15) is 39.5 Å². The zero-order valence-electron chi connectivity index (χ0n) is 13.1. The lowest BCUT2D eigenvalue weighted by Crippen LogP contribution is -2.56. The molecular weight excluding hydrogens is 270 g/mol. The second-order valence-corrected chi connectivity index (χ2v) is 6.97. The number of β-amino-alcohol motifs (C(OH)–C–C–N with tert-alkyl or cyclic N) is 1. The molecule has 3 N–H and O–H groups in total. The summed E-state index contributed by atoms with van der Waals surface area (Å²) in [6.07, 6.45) is 2.93. The Kier molecular flexibility index (Phi) is 4.58. The predicted molar refractivity (Wildman–Crippen MR) is 79.4 cm³/mol. The summed E-state index contributed by atoms with van der Waals surface area (Å²) in [6.45, 7) is 6.74. The Morgan fingerprint density at radius 3 is 2.33 bits per heavy atom. The molecule has 6 nitrogen and oxygen atoms in total. The van der Waals surface area contributed by atoms with E-state index in [1.54, 1.807) is 11.8 Å². The molecule has 0 saturated carbocycles. The maximum atomic E-state index is 11.6. The highest BCUT2D eigenvalue weighted by molar-refractivity contribution is 5.80. The van der Waals surface area contributed by atoms with Gasteiger partial charge in [0.2, 0.25) is 11.8 Å². The minimum absolute atomic E-state index is 0.0660. The molecule has 2 aliphatic heterocycles. The van der Waals surface area contributed by atoms with Crippen molar-refractivity contribution in [2.24, 2.45) is 11.1 Å². The van der Waals surface area contributed by atoms with Crippen LogP contribution in [-0.4, -0.2) is 65.0 Å². The largest absolute Gasteiger partial charge is 0.388 e. The number of amides is 2. The van der Waals surface area contributed by atoms with Gasteiger partial charge in [-0.2, -0.15) is 0 Å². The zero-order valence-corrected chi connectivity index (χ0v) is 13.1. The molecule has 2 saturated heterocycles. The molecule has 2 fully saturated rings. The average Bonchev–Trinajstić information content (AvgIpc) is 2.38. The van der Waals surface area contributed by atoms with E-state index in [-0.39, 0.29) is 11.8 Å². The smallest absolute Gasteiger partial charge is 0.224 e. The third kappa shape index (κ3) is 3.74. The van der Waals surface area contributed by atoms with Gasteiger partial charge in [0, 0.05) is 33.1 Å². The van der Waals surface area contributed by atoms with Crippen molar-refractivity contribution in [2.75, 3.05) is 32.7 Å². The molecule has 2 rings (SSSR count). The predicted octanol–water partition coefficient (Wildman–Crippen LogP) is -0.0528. The molecule has 0 aliphatic carbocycles. The number of piperidine rings is 2. The Balaban J connectivity index is 1.92. The maximum absolute atomic E-state index is 11.6. The van der Waals surface area contributed by atoms with E-state index in [0.717, 1.165) is 19.4 Å². The van der Waals surface area contributed by atoms with Crippen LogP contribution in [0, 0.1) is 5.41 Å². The number of rotatable bonds is 3. The van der Waals surface area contributed by atoms with Crippen molar-refractivity contribution in [1.82, 2.24) is 9.80 Å². The molecule has 2 aliphatic rings. The first-order valence-corrected chi connectivity index (χ1v) is 7.74. The van der Waals surface area contributed by atoms with Crippen LogP contribution in [0.4, 0.5) is 0 Å². The molecule has 21 heavy (non-hydrogen) atoms. The summed E-state index contributed by atoms with van der Waals surface area (Å²) in [7, 11) is 0. The fourth-order valence-corrected chi connectivity index (χ4v) is 3.49. The summed E-state index contributed by atoms with van der Waals surface area (Å²) in [5.74, 6) is -0.193. The molecule has 2 heterocycles. The number of likely N-dealkylation sites (tertiary alicyclic amines) is 2. The Bertz CT molecular complexity index is 418. The molecule has 0 aromatic rings. The summed E-state index contributed by atoms with van der Waals surface area (Å²) in [5, 5.41) is 10.7. The fourth-order valence-electron chi connectivity index (χ4n) is 3.49. The molecule has 1 unspecified atom stereocenters. The van der Waals surface area contributed by atoms with Crippen LogP contribution in [0.15, 0.2) is 0 Å². The van der Waals surface area contributed by atoms with Gasteiger partial charge in [-0.05, 0) is 39.2 Å². The van der Waals surface area contributed by atoms with Gasteiger partial charge >= 0.3 is 0 Å². The Hall–Kier alpha value is -1.14. The van der Waals surface area contributed by atoms with E-state index < -0.39 is 11.0 Å². The molecule has 1 atom stereocenters. The number of carbonyl (C=O) groups is 2. The van der Waals surface area contributed by atoms with Crippen LogP contribution in [0.5, 0.6) is 0 Å². The van der Waals surface area contributed by atoms with Crippen molar-refractivity contribution >= 4 is 11.8 Å². The van der Waals surface area contributed by atoms with Gasteiger partial charge < -0.3 is 15.7 Å². The lowest BCUT2D eigenvalue weighted by atomic mass is 9.80. The maximum Gasteiger partial charge on any atom is 0.224 e. The van der Waals surface area contributed by atoms with Crippen LogP contribution >= 0.6 is 0 Å². The number of carbonyl (C=O) groups excluding carboxylic acids is 2. The second kappa shape index (κ2) is 5.93. The first kappa shape index (κ1) is 16.2. The number of primary amides is 1. The molecule has 0 aromatic carbocycles.